The van der Waals surface area contributed by atoms with Crippen molar-refractivity contribution in [3.05, 3.63) is 71.8 Å². The van der Waals surface area contributed by atoms with Crippen molar-refractivity contribution in [3.8, 4) is 0 Å². The first-order chi connectivity index (χ1) is 14.9. The van der Waals surface area contributed by atoms with Crippen molar-refractivity contribution in [2.24, 2.45) is 10.2 Å². The van der Waals surface area contributed by atoms with Crippen LogP contribution < -0.4 is 15.8 Å². The molecule has 0 saturated carbocycles. The van der Waals surface area contributed by atoms with Gasteiger partial charge < -0.3 is 9.64 Å². The van der Waals surface area contributed by atoms with Gasteiger partial charge >= 0.3 is 0 Å². The zero-order valence-electron chi connectivity index (χ0n) is 16.3. The fourth-order valence-corrected chi connectivity index (χ4v) is 2.78. The molecule has 2 N–H and O–H groups in total. The van der Waals surface area contributed by atoms with Gasteiger partial charge in [-0.25, -0.2) is 10.9 Å². The Morgan fingerprint density at radius 3 is 1.73 bits per heavy atom. The van der Waals surface area contributed by atoms with Crippen LogP contribution >= 0.6 is 0 Å². The zero-order valence-corrected chi connectivity index (χ0v) is 16.3. The van der Waals surface area contributed by atoms with Crippen LogP contribution in [0.15, 0.2) is 70.9 Å². The van der Waals surface area contributed by atoms with Crippen LogP contribution in [-0.2, 0) is 4.74 Å². The van der Waals surface area contributed by atoms with Gasteiger partial charge in [0, 0.05) is 13.1 Å². The maximum Gasteiger partial charge on any atom is 0.250 e. The third-order valence-electron chi connectivity index (χ3n) is 4.27. The number of ether oxygens (including phenoxy) is 1. The van der Waals surface area contributed by atoms with Gasteiger partial charge in [-0.3, -0.25) is 0 Å². The predicted octanol–water partition coefficient (Wildman–Crippen LogP) is 2.60. The number of rotatable bonds is 7. The molecule has 0 bridgehead atoms. The Bertz CT molecular complexity index is 919. The summed E-state index contributed by atoms with van der Waals surface area (Å²) in [6.07, 6.45) is 3.41. The summed E-state index contributed by atoms with van der Waals surface area (Å²) in [6.45, 7) is 2.69. The molecule has 3 aromatic rings. The highest BCUT2D eigenvalue weighted by Gasteiger charge is 2.16. The SMILES string of the molecule is C(=NNc1nc(NN=Cc2ccccc2)nc(N2CCOCC2)n1)c1ccccc1. The van der Waals surface area contributed by atoms with Crippen molar-refractivity contribution in [1.29, 1.82) is 0 Å². The summed E-state index contributed by atoms with van der Waals surface area (Å²) >= 11 is 0. The van der Waals surface area contributed by atoms with Crippen LogP contribution in [0, 0.1) is 0 Å². The average molecular weight is 402 g/mol. The normalized spacial score (nSPS) is 14.3. The van der Waals surface area contributed by atoms with Crippen LogP contribution in [0.1, 0.15) is 11.1 Å². The van der Waals surface area contributed by atoms with E-state index in [0.29, 0.717) is 44.1 Å². The standard InChI is InChI=1S/C21H22N8O/c1-3-7-17(8-4-1)15-22-27-19-24-20(28-23-16-18-9-5-2-6-10-18)26-21(25-19)29-11-13-30-14-12-29/h1-10,15-16H,11-14H2,(H2,24,25,26,27,28). The summed E-state index contributed by atoms with van der Waals surface area (Å²) in [5.41, 5.74) is 7.70. The van der Waals surface area contributed by atoms with Crippen molar-refractivity contribution in [1.82, 2.24) is 15.0 Å². The molecule has 0 unspecified atom stereocenters. The van der Waals surface area contributed by atoms with E-state index in [1.165, 1.54) is 0 Å². The molecule has 0 atom stereocenters. The minimum Gasteiger partial charge on any atom is -0.378 e. The molecule has 1 saturated heterocycles. The van der Waals surface area contributed by atoms with Crippen molar-refractivity contribution in [2.45, 2.75) is 0 Å². The number of nitrogens with one attached hydrogen (secondary N) is 2. The minimum atomic E-state index is 0.330. The van der Waals surface area contributed by atoms with E-state index in [-0.39, 0.29) is 0 Å². The monoisotopic (exact) mass is 402 g/mol. The molecule has 1 fully saturated rings. The highest BCUT2D eigenvalue weighted by molar-refractivity contribution is 5.80. The van der Waals surface area contributed by atoms with Gasteiger partial charge in [0.05, 0.1) is 25.6 Å². The summed E-state index contributed by atoms with van der Waals surface area (Å²) in [6, 6.07) is 19.6. The number of aromatic nitrogens is 3. The van der Waals surface area contributed by atoms with Gasteiger partial charge in [-0.05, 0) is 11.1 Å². The quantitative estimate of drug-likeness (QED) is 0.463. The lowest BCUT2D eigenvalue weighted by Crippen LogP contribution is -2.37. The fraction of sp³-hybridized carbons (Fsp3) is 0.190. The lowest BCUT2D eigenvalue weighted by atomic mass is 10.2. The molecule has 4 rings (SSSR count). The molecule has 1 aliphatic heterocycles. The Labute approximate surface area is 174 Å². The summed E-state index contributed by atoms with van der Waals surface area (Å²) in [7, 11) is 0. The molecule has 0 amide bonds. The van der Waals surface area contributed by atoms with E-state index in [2.05, 4.69) is 36.0 Å². The molecule has 0 radical (unpaired) electrons. The minimum absolute atomic E-state index is 0.330. The molecule has 1 aliphatic rings. The third-order valence-corrected chi connectivity index (χ3v) is 4.27. The summed E-state index contributed by atoms with van der Waals surface area (Å²) < 4.78 is 5.42. The molecule has 2 aromatic carbocycles. The van der Waals surface area contributed by atoms with Crippen molar-refractivity contribution >= 4 is 30.3 Å². The second-order valence-electron chi connectivity index (χ2n) is 6.44. The van der Waals surface area contributed by atoms with E-state index in [9.17, 15) is 0 Å². The predicted molar refractivity (Wildman–Crippen MR) is 118 cm³/mol. The van der Waals surface area contributed by atoms with Crippen molar-refractivity contribution in [3.63, 3.8) is 0 Å². The van der Waals surface area contributed by atoms with Gasteiger partial charge in [-0.15, -0.1) is 0 Å². The Morgan fingerprint density at radius 1 is 0.733 bits per heavy atom. The highest BCUT2D eigenvalue weighted by atomic mass is 16.5. The summed E-state index contributed by atoms with van der Waals surface area (Å²) in [5, 5.41) is 8.46. The van der Waals surface area contributed by atoms with Gasteiger partial charge in [-0.2, -0.15) is 25.2 Å². The van der Waals surface area contributed by atoms with E-state index in [1.54, 1.807) is 12.4 Å². The molecule has 2 heterocycles. The van der Waals surface area contributed by atoms with Gasteiger partial charge in [0.15, 0.2) is 0 Å². The van der Waals surface area contributed by atoms with Crippen LogP contribution in [0.25, 0.3) is 0 Å². The number of hydrogen-bond donors (Lipinski definition) is 2. The third kappa shape index (κ3) is 5.58. The number of benzene rings is 2. The number of anilines is 3. The maximum atomic E-state index is 5.42. The topological polar surface area (TPSA) is 99.9 Å². The fourth-order valence-electron chi connectivity index (χ4n) is 2.78. The number of nitrogens with zero attached hydrogens (tertiary/aromatic N) is 6. The number of hydrazone groups is 2. The van der Waals surface area contributed by atoms with E-state index in [4.69, 9.17) is 4.74 Å². The van der Waals surface area contributed by atoms with Crippen LogP contribution in [0.5, 0.6) is 0 Å². The number of morpholine rings is 1. The smallest absolute Gasteiger partial charge is 0.250 e. The van der Waals surface area contributed by atoms with Crippen LogP contribution in [0.2, 0.25) is 0 Å². The van der Waals surface area contributed by atoms with E-state index < -0.39 is 0 Å². The van der Waals surface area contributed by atoms with Gasteiger partial charge in [0.2, 0.25) is 17.8 Å². The summed E-state index contributed by atoms with van der Waals surface area (Å²) in [5.74, 6) is 1.20. The first kappa shape index (κ1) is 19.5. The van der Waals surface area contributed by atoms with Gasteiger partial charge in [0.1, 0.15) is 0 Å². The highest BCUT2D eigenvalue weighted by Crippen LogP contribution is 2.15. The number of hydrogen-bond acceptors (Lipinski definition) is 9. The van der Waals surface area contributed by atoms with E-state index >= 15 is 0 Å². The Hall–Kier alpha value is -3.85. The molecule has 152 valence electrons. The molecular formula is C21H22N8O. The van der Waals surface area contributed by atoms with Crippen molar-refractivity contribution in [2.75, 3.05) is 42.1 Å². The molecule has 9 nitrogen and oxygen atoms in total. The first-order valence-corrected chi connectivity index (χ1v) is 9.64. The molecule has 30 heavy (non-hydrogen) atoms. The van der Waals surface area contributed by atoms with E-state index in [1.807, 2.05) is 65.6 Å². The molecule has 0 spiro atoms. The lowest BCUT2D eigenvalue weighted by Gasteiger charge is -2.26. The molecule has 9 heteroatoms. The first-order valence-electron chi connectivity index (χ1n) is 9.64. The van der Waals surface area contributed by atoms with Crippen LogP contribution in [-0.4, -0.2) is 53.7 Å². The van der Waals surface area contributed by atoms with Gasteiger partial charge in [-0.1, -0.05) is 60.7 Å². The molecule has 0 aliphatic carbocycles. The Balaban J connectivity index is 1.51. The second kappa shape index (κ2) is 10.1. The lowest BCUT2D eigenvalue weighted by molar-refractivity contribution is 0.122. The molecular weight excluding hydrogens is 380 g/mol. The zero-order chi connectivity index (χ0) is 20.4. The Morgan fingerprint density at radius 2 is 1.23 bits per heavy atom. The van der Waals surface area contributed by atoms with Gasteiger partial charge in [0.25, 0.3) is 0 Å². The average Bonchev–Trinajstić information content (AvgIpc) is 2.81. The van der Waals surface area contributed by atoms with Crippen LogP contribution in [0.3, 0.4) is 0 Å². The Kier molecular flexibility index (Phi) is 6.54. The van der Waals surface area contributed by atoms with Crippen LogP contribution in [0.4, 0.5) is 17.8 Å². The second-order valence-corrected chi connectivity index (χ2v) is 6.44. The van der Waals surface area contributed by atoms with E-state index in [0.717, 1.165) is 11.1 Å². The van der Waals surface area contributed by atoms with Crippen molar-refractivity contribution < 1.29 is 4.74 Å². The largest absolute Gasteiger partial charge is 0.378 e. The summed E-state index contributed by atoms with van der Waals surface area (Å²) in [4.78, 5) is 15.4. The maximum absolute atomic E-state index is 5.42. The molecule has 1 aromatic heterocycles.